The number of furan rings is 1. The molecule has 3 N–H and O–H groups in total. The number of hydrogen-bond acceptors (Lipinski definition) is 3. The van der Waals surface area contributed by atoms with Crippen molar-refractivity contribution in [1.82, 2.24) is 0 Å². The van der Waals surface area contributed by atoms with Gasteiger partial charge in [0.05, 0.1) is 12.3 Å². The van der Waals surface area contributed by atoms with Crippen LogP contribution in [0.5, 0.6) is 0 Å². The first-order valence-electron chi connectivity index (χ1n) is 7.44. The molecule has 22 heavy (non-hydrogen) atoms. The summed E-state index contributed by atoms with van der Waals surface area (Å²) in [7, 11) is 0. The molecule has 0 aliphatic heterocycles. The van der Waals surface area contributed by atoms with Crippen LogP contribution in [0.25, 0.3) is 0 Å². The highest BCUT2D eigenvalue weighted by atomic mass is 16.3. The van der Waals surface area contributed by atoms with Gasteiger partial charge in [0.15, 0.2) is 0 Å². The predicted octanol–water partition coefficient (Wildman–Crippen LogP) is 4.63. The molecule has 1 unspecified atom stereocenters. The van der Waals surface area contributed by atoms with E-state index in [1.165, 1.54) is 11.1 Å². The van der Waals surface area contributed by atoms with Crippen LogP contribution in [0.1, 0.15) is 29.9 Å². The zero-order valence-corrected chi connectivity index (χ0v) is 12.6. The Morgan fingerprint density at radius 3 is 2.18 bits per heavy atom. The molecule has 1 atom stereocenters. The van der Waals surface area contributed by atoms with Crippen molar-refractivity contribution in [3.63, 3.8) is 0 Å². The Morgan fingerprint density at radius 2 is 1.59 bits per heavy atom. The summed E-state index contributed by atoms with van der Waals surface area (Å²) in [4.78, 5) is 0. The summed E-state index contributed by atoms with van der Waals surface area (Å²) in [6, 6.07) is 20.6. The Bertz CT molecular complexity index is 700. The maximum absolute atomic E-state index is 5.71. The van der Waals surface area contributed by atoms with Crippen LogP contribution >= 0.6 is 0 Å². The van der Waals surface area contributed by atoms with E-state index in [1.807, 2.05) is 24.3 Å². The number of anilines is 2. The van der Waals surface area contributed by atoms with E-state index in [4.69, 9.17) is 10.2 Å². The standard InChI is InChI=1S/C19H20N2O/c1-14(19-3-2-12-22-19)21-18-10-6-16(7-11-18)13-15-4-8-17(20)9-5-15/h2-12,14,21H,13,20H2,1H3. The largest absolute Gasteiger partial charge is 0.467 e. The minimum atomic E-state index is 0.151. The van der Waals surface area contributed by atoms with Crippen LogP contribution in [0.4, 0.5) is 11.4 Å². The molecule has 0 bridgehead atoms. The average Bonchev–Trinajstić information content (AvgIpc) is 3.06. The third-order valence-corrected chi connectivity index (χ3v) is 3.70. The zero-order valence-electron chi connectivity index (χ0n) is 12.6. The van der Waals surface area contributed by atoms with Gasteiger partial charge in [-0.25, -0.2) is 0 Å². The first-order valence-corrected chi connectivity index (χ1v) is 7.44. The van der Waals surface area contributed by atoms with Gasteiger partial charge in [-0.1, -0.05) is 24.3 Å². The van der Waals surface area contributed by atoms with Gasteiger partial charge in [-0.05, 0) is 60.9 Å². The fourth-order valence-electron chi connectivity index (χ4n) is 2.45. The van der Waals surface area contributed by atoms with Gasteiger partial charge in [0, 0.05) is 11.4 Å². The molecule has 0 fully saturated rings. The molecule has 3 heteroatoms. The quantitative estimate of drug-likeness (QED) is 0.674. The SMILES string of the molecule is CC(Nc1ccc(Cc2ccc(N)cc2)cc1)c1ccco1. The fraction of sp³-hybridized carbons (Fsp3) is 0.158. The van der Waals surface area contributed by atoms with Crippen LogP contribution in [0, 0.1) is 0 Å². The molecule has 0 saturated heterocycles. The second-order valence-corrected chi connectivity index (χ2v) is 5.50. The summed E-state index contributed by atoms with van der Waals surface area (Å²) in [6.07, 6.45) is 2.61. The molecule has 0 amide bonds. The molecule has 3 aromatic rings. The molecule has 0 spiro atoms. The Labute approximate surface area is 130 Å². The number of nitrogen functional groups attached to an aromatic ring is 1. The molecule has 3 nitrogen and oxygen atoms in total. The van der Waals surface area contributed by atoms with Gasteiger partial charge < -0.3 is 15.5 Å². The molecule has 2 aromatic carbocycles. The van der Waals surface area contributed by atoms with Crippen LogP contribution < -0.4 is 11.1 Å². The lowest BCUT2D eigenvalue weighted by Crippen LogP contribution is -2.05. The first kappa shape index (κ1) is 14.3. The van der Waals surface area contributed by atoms with Crippen LogP contribution in [-0.4, -0.2) is 0 Å². The number of benzene rings is 2. The van der Waals surface area contributed by atoms with E-state index in [0.29, 0.717) is 0 Å². The number of hydrogen-bond donors (Lipinski definition) is 2. The maximum atomic E-state index is 5.71. The van der Waals surface area contributed by atoms with Gasteiger partial charge in [-0.15, -0.1) is 0 Å². The summed E-state index contributed by atoms with van der Waals surface area (Å²) in [5.41, 5.74) is 10.1. The van der Waals surface area contributed by atoms with Crippen molar-refractivity contribution in [2.24, 2.45) is 0 Å². The molecule has 1 aromatic heterocycles. The van der Waals surface area contributed by atoms with E-state index in [-0.39, 0.29) is 6.04 Å². The van der Waals surface area contributed by atoms with Crippen molar-refractivity contribution in [2.45, 2.75) is 19.4 Å². The summed E-state index contributed by atoms with van der Waals surface area (Å²) in [5, 5.41) is 3.43. The summed E-state index contributed by atoms with van der Waals surface area (Å²) in [6.45, 7) is 2.08. The second-order valence-electron chi connectivity index (χ2n) is 5.50. The van der Waals surface area contributed by atoms with Crippen LogP contribution in [0.2, 0.25) is 0 Å². The van der Waals surface area contributed by atoms with E-state index >= 15 is 0 Å². The van der Waals surface area contributed by atoms with Crippen molar-refractivity contribution in [1.29, 1.82) is 0 Å². The van der Waals surface area contributed by atoms with E-state index in [1.54, 1.807) is 6.26 Å². The van der Waals surface area contributed by atoms with E-state index in [9.17, 15) is 0 Å². The molecule has 3 rings (SSSR count). The van der Waals surface area contributed by atoms with Gasteiger partial charge in [0.25, 0.3) is 0 Å². The lowest BCUT2D eigenvalue weighted by molar-refractivity contribution is 0.490. The van der Waals surface area contributed by atoms with E-state index < -0.39 is 0 Å². The molecule has 112 valence electrons. The molecule has 0 aliphatic carbocycles. The first-order chi connectivity index (χ1) is 10.7. The second kappa shape index (κ2) is 6.39. The van der Waals surface area contributed by atoms with Crippen molar-refractivity contribution in [3.05, 3.63) is 83.8 Å². The maximum Gasteiger partial charge on any atom is 0.125 e. The fourth-order valence-corrected chi connectivity index (χ4v) is 2.45. The Balaban J connectivity index is 1.64. The van der Waals surface area contributed by atoms with Gasteiger partial charge in [-0.2, -0.15) is 0 Å². The van der Waals surface area contributed by atoms with Crippen LogP contribution in [0.15, 0.2) is 71.3 Å². The molecule has 0 radical (unpaired) electrons. The predicted molar refractivity (Wildman–Crippen MR) is 90.8 cm³/mol. The van der Waals surface area contributed by atoms with Crippen molar-refractivity contribution in [2.75, 3.05) is 11.1 Å². The van der Waals surface area contributed by atoms with E-state index in [2.05, 4.69) is 48.6 Å². The van der Waals surface area contributed by atoms with Gasteiger partial charge in [0.1, 0.15) is 5.76 Å². The van der Waals surface area contributed by atoms with Crippen molar-refractivity contribution in [3.8, 4) is 0 Å². The molecular formula is C19H20N2O. The van der Waals surface area contributed by atoms with Gasteiger partial charge in [-0.3, -0.25) is 0 Å². The number of rotatable bonds is 5. The summed E-state index contributed by atoms with van der Waals surface area (Å²) < 4.78 is 5.41. The Morgan fingerprint density at radius 1 is 0.955 bits per heavy atom. The average molecular weight is 292 g/mol. The smallest absolute Gasteiger partial charge is 0.125 e. The molecule has 0 saturated carbocycles. The van der Waals surface area contributed by atoms with Crippen molar-refractivity contribution >= 4 is 11.4 Å². The third kappa shape index (κ3) is 3.50. The highest BCUT2D eigenvalue weighted by Crippen LogP contribution is 2.20. The highest BCUT2D eigenvalue weighted by molar-refractivity contribution is 5.47. The van der Waals surface area contributed by atoms with Crippen LogP contribution in [-0.2, 0) is 6.42 Å². The molecule has 1 heterocycles. The topological polar surface area (TPSA) is 51.2 Å². The minimum absolute atomic E-state index is 0.151. The zero-order chi connectivity index (χ0) is 15.4. The lowest BCUT2D eigenvalue weighted by atomic mass is 10.0. The van der Waals surface area contributed by atoms with Crippen molar-refractivity contribution < 1.29 is 4.42 Å². The Hall–Kier alpha value is -2.68. The molecule has 0 aliphatic rings. The van der Waals surface area contributed by atoms with Crippen LogP contribution in [0.3, 0.4) is 0 Å². The number of nitrogens with two attached hydrogens (primary N) is 1. The molecular weight excluding hydrogens is 272 g/mol. The normalized spacial score (nSPS) is 12.0. The minimum Gasteiger partial charge on any atom is -0.467 e. The summed E-state index contributed by atoms with van der Waals surface area (Å²) in [5.74, 6) is 0.936. The monoisotopic (exact) mass is 292 g/mol. The third-order valence-electron chi connectivity index (χ3n) is 3.70. The highest BCUT2D eigenvalue weighted by Gasteiger charge is 2.07. The summed E-state index contributed by atoms with van der Waals surface area (Å²) >= 11 is 0. The number of nitrogens with one attached hydrogen (secondary N) is 1. The Kier molecular flexibility index (Phi) is 4.15. The van der Waals surface area contributed by atoms with Gasteiger partial charge in [0.2, 0.25) is 0 Å². The lowest BCUT2D eigenvalue weighted by Gasteiger charge is -2.13. The van der Waals surface area contributed by atoms with Gasteiger partial charge >= 0.3 is 0 Å². The van der Waals surface area contributed by atoms with E-state index in [0.717, 1.165) is 23.6 Å².